The molecule has 1 unspecified atom stereocenters. The number of aliphatic hydroxyl groups excluding tert-OH is 1. The molecule has 2 aromatic heterocycles. The summed E-state index contributed by atoms with van der Waals surface area (Å²) in [6, 6.07) is 11.3. The van der Waals surface area contributed by atoms with E-state index in [1.807, 2.05) is 41.1 Å². The first kappa shape index (κ1) is 22.2. The van der Waals surface area contributed by atoms with Crippen LogP contribution < -0.4 is 9.64 Å². The van der Waals surface area contributed by atoms with Gasteiger partial charge in [0.1, 0.15) is 11.6 Å². The fraction of sp³-hybridized carbons (Fsp3) is 0.440. The minimum absolute atomic E-state index is 0.0577. The number of nitriles is 1. The molecule has 4 heterocycles. The van der Waals surface area contributed by atoms with Crippen molar-refractivity contribution in [2.45, 2.75) is 38.3 Å². The van der Waals surface area contributed by atoms with E-state index in [9.17, 15) is 15.2 Å². The Morgan fingerprint density at radius 3 is 2.85 bits per heavy atom. The van der Waals surface area contributed by atoms with E-state index >= 15 is 0 Å². The van der Waals surface area contributed by atoms with Gasteiger partial charge in [-0.05, 0) is 38.3 Å². The van der Waals surface area contributed by atoms with Crippen LogP contribution in [0.1, 0.15) is 46.9 Å². The molecule has 0 radical (unpaired) electrons. The van der Waals surface area contributed by atoms with Gasteiger partial charge in [-0.3, -0.25) is 4.79 Å². The molecule has 0 saturated carbocycles. The van der Waals surface area contributed by atoms with Crippen LogP contribution in [-0.4, -0.2) is 63.4 Å². The van der Waals surface area contributed by atoms with Crippen LogP contribution in [0.4, 0.5) is 5.82 Å². The van der Waals surface area contributed by atoms with Crippen molar-refractivity contribution in [1.29, 1.82) is 5.26 Å². The molecule has 1 N–H and O–H groups in total. The van der Waals surface area contributed by atoms with Gasteiger partial charge in [-0.2, -0.15) is 10.4 Å². The van der Waals surface area contributed by atoms with Crippen molar-refractivity contribution >= 4 is 17.4 Å². The number of carbonyl (C=O) groups is 1. The normalized spacial score (nSPS) is 22.7. The van der Waals surface area contributed by atoms with Gasteiger partial charge in [0, 0.05) is 37.5 Å². The summed E-state index contributed by atoms with van der Waals surface area (Å²) in [4.78, 5) is 22.2. The fourth-order valence-electron chi connectivity index (χ4n) is 5.05. The monoisotopic (exact) mass is 460 g/mol. The molecular weight excluding hydrogens is 432 g/mol. The molecule has 0 spiro atoms. The fourth-order valence-corrected chi connectivity index (χ4v) is 5.05. The highest BCUT2D eigenvalue weighted by atomic mass is 16.5. The van der Waals surface area contributed by atoms with Gasteiger partial charge in [0.2, 0.25) is 0 Å². The predicted molar refractivity (Wildman–Crippen MR) is 126 cm³/mol. The first-order chi connectivity index (χ1) is 16.5. The Hall–Kier alpha value is -3.64. The number of benzene rings is 1. The second-order valence-electron chi connectivity index (χ2n) is 9.04. The van der Waals surface area contributed by atoms with Crippen LogP contribution in [-0.2, 0) is 0 Å². The number of aliphatic hydroxyl groups is 1. The number of ether oxygens (including phenoxy) is 1. The van der Waals surface area contributed by atoms with Crippen molar-refractivity contribution in [1.82, 2.24) is 19.5 Å². The van der Waals surface area contributed by atoms with Crippen LogP contribution in [0, 0.1) is 24.2 Å². The van der Waals surface area contributed by atoms with Gasteiger partial charge in [-0.15, -0.1) is 0 Å². The quantitative estimate of drug-likeness (QED) is 0.638. The number of methoxy groups -OCH3 is 1. The zero-order valence-electron chi connectivity index (χ0n) is 19.4. The van der Waals surface area contributed by atoms with Crippen molar-refractivity contribution in [3.8, 4) is 11.8 Å². The van der Waals surface area contributed by atoms with Gasteiger partial charge in [-0.25, -0.2) is 9.50 Å². The average molecular weight is 461 g/mol. The smallest absolute Gasteiger partial charge is 0.258 e. The number of hydrogen-bond donors (Lipinski definition) is 1. The lowest BCUT2D eigenvalue weighted by molar-refractivity contribution is 0.0602. The van der Waals surface area contributed by atoms with Gasteiger partial charge in [-0.1, -0.05) is 12.1 Å². The highest BCUT2D eigenvalue weighted by Crippen LogP contribution is 2.34. The highest BCUT2D eigenvalue weighted by molar-refractivity contribution is 5.97. The van der Waals surface area contributed by atoms with E-state index in [1.165, 1.54) is 0 Å². The predicted octanol–water partition coefficient (Wildman–Crippen LogP) is 2.73. The second-order valence-corrected chi connectivity index (χ2v) is 9.04. The largest absolute Gasteiger partial charge is 0.496 e. The van der Waals surface area contributed by atoms with Gasteiger partial charge >= 0.3 is 0 Å². The lowest BCUT2D eigenvalue weighted by atomic mass is 9.98. The summed E-state index contributed by atoms with van der Waals surface area (Å²) in [7, 11) is 1.58. The van der Waals surface area contributed by atoms with Crippen molar-refractivity contribution in [3.05, 3.63) is 53.3 Å². The molecule has 2 aliphatic heterocycles. The van der Waals surface area contributed by atoms with Crippen LogP contribution in [0.2, 0.25) is 0 Å². The van der Waals surface area contributed by atoms with E-state index in [0.717, 1.165) is 36.3 Å². The van der Waals surface area contributed by atoms with Crippen molar-refractivity contribution < 1.29 is 14.6 Å². The number of piperidine rings is 1. The maximum atomic E-state index is 13.5. The summed E-state index contributed by atoms with van der Waals surface area (Å²) in [6.07, 6.45) is 4.04. The number of aryl methyl sites for hydroxylation is 1. The van der Waals surface area contributed by atoms with E-state index in [4.69, 9.17) is 14.8 Å². The van der Waals surface area contributed by atoms with Crippen LogP contribution in [0.25, 0.3) is 5.65 Å². The first-order valence-electron chi connectivity index (χ1n) is 11.6. The number of amides is 1. The van der Waals surface area contributed by atoms with E-state index in [1.54, 1.807) is 23.8 Å². The van der Waals surface area contributed by atoms with Gasteiger partial charge in [0.15, 0.2) is 5.65 Å². The molecule has 9 heteroatoms. The Kier molecular flexibility index (Phi) is 5.84. The lowest BCUT2D eigenvalue weighted by Gasteiger charge is -2.35. The number of rotatable bonds is 4. The third-order valence-corrected chi connectivity index (χ3v) is 6.82. The third kappa shape index (κ3) is 3.84. The Morgan fingerprint density at radius 2 is 2.09 bits per heavy atom. The van der Waals surface area contributed by atoms with E-state index < -0.39 is 12.0 Å². The first-order valence-corrected chi connectivity index (χ1v) is 11.6. The molecule has 2 aliphatic rings. The van der Waals surface area contributed by atoms with Crippen LogP contribution in [0.5, 0.6) is 5.75 Å². The molecule has 1 amide bonds. The summed E-state index contributed by atoms with van der Waals surface area (Å²) >= 11 is 0. The molecule has 1 aromatic carbocycles. The molecule has 0 aliphatic carbocycles. The second kappa shape index (κ2) is 8.95. The molecule has 5 rings (SSSR count). The molecule has 34 heavy (non-hydrogen) atoms. The lowest BCUT2D eigenvalue weighted by Crippen LogP contribution is -2.38. The minimum Gasteiger partial charge on any atom is -0.496 e. The number of para-hydroxylation sites is 1. The molecule has 0 bridgehead atoms. The molecule has 3 aromatic rings. The summed E-state index contributed by atoms with van der Waals surface area (Å²) in [6.45, 7) is 3.45. The molecule has 176 valence electrons. The number of fused-ring (bicyclic) bond motifs is 1. The number of likely N-dealkylation sites (tertiary alicyclic amines) is 1. The van der Waals surface area contributed by atoms with E-state index in [2.05, 4.69) is 6.07 Å². The Bertz CT molecular complexity index is 1270. The zero-order valence-corrected chi connectivity index (χ0v) is 19.4. The van der Waals surface area contributed by atoms with Crippen LogP contribution in [0.3, 0.4) is 0 Å². The van der Waals surface area contributed by atoms with E-state index in [-0.39, 0.29) is 11.9 Å². The third-order valence-electron chi connectivity index (χ3n) is 6.82. The molecule has 2 fully saturated rings. The zero-order chi connectivity index (χ0) is 23.8. The Balaban J connectivity index is 1.47. The topological polar surface area (TPSA) is 107 Å². The Morgan fingerprint density at radius 1 is 1.26 bits per heavy atom. The maximum absolute atomic E-state index is 13.5. The maximum Gasteiger partial charge on any atom is 0.258 e. The number of carbonyl (C=O) groups excluding carboxylic acids is 1. The molecule has 3 atom stereocenters. The van der Waals surface area contributed by atoms with Gasteiger partial charge in [0.25, 0.3) is 5.91 Å². The molecule has 9 nitrogen and oxygen atoms in total. The standard InChI is InChI=1S/C25H28N6O3/c1-16-13-31-23(27-24(16)29-14-17(12-26)21(32)15-29)11-19(28-31)20-8-5-6-10-30(20)25(33)18-7-3-4-9-22(18)34-2/h3-4,7,9,11,13,17,20-21,32H,5-6,8,10,14-15H2,1-2H3/t17-,20?,21+/m1/s1. The molecule has 2 saturated heterocycles. The number of aromatic nitrogens is 3. The van der Waals surface area contributed by atoms with Crippen LogP contribution >= 0.6 is 0 Å². The SMILES string of the molecule is COc1ccccc1C(=O)N1CCCCC1c1cc2nc(N3C[C@@H](C#N)[C@@H](O)C3)c(C)cn2n1. The summed E-state index contributed by atoms with van der Waals surface area (Å²) in [5.41, 5.74) is 2.96. The van der Waals surface area contributed by atoms with Crippen LogP contribution in [0.15, 0.2) is 36.5 Å². The molecular formula is C25H28N6O3. The van der Waals surface area contributed by atoms with Crippen molar-refractivity contribution in [3.63, 3.8) is 0 Å². The Labute approximate surface area is 198 Å². The van der Waals surface area contributed by atoms with E-state index in [0.29, 0.717) is 36.6 Å². The number of β-amino-alcohol motifs (C(OH)–C–C–N with tert-alkyl or cyclic N) is 1. The van der Waals surface area contributed by atoms with Gasteiger partial charge < -0.3 is 19.6 Å². The van der Waals surface area contributed by atoms with Crippen molar-refractivity contribution in [2.24, 2.45) is 5.92 Å². The number of nitrogens with zero attached hydrogens (tertiary/aromatic N) is 6. The van der Waals surface area contributed by atoms with Gasteiger partial charge in [0.05, 0.1) is 42.5 Å². The number of anilines is 1. The summed E-state index contributed by atoms with van der Waals surface area (Å²) in [5.74, 6) is 0.839. The average Bonchev–Trinajstić information content (AvgIpc) is 3.45. The number of hydrogen-bond acceptors (Lipinski definition) is 7. The summed E-state index contributed by atoms with van der Waals surface area (Å²) in [5, 5.41) is 24.2. The minimum atomic E-state index is -0.681. The summed E-state index contributed by atoms with van der Waals surface area (Å²) < 4.78 is 7.18. The highest BCUT2D eigenvalue weighted by Gasteiger charge is 2.34. The van der Waals surface area contributed by atoms with Crippen molar-refractivity contribution in [2.75, 3.05) is 31.6 Å².